The summed E-state index contributed by atoms with van der Waals surface area (Å²) in [5, 5.41) is 0. The van der Waals surface area contributed by atoms with E-state index in [4.69, 9.17) is 0 Å². The molecule has 0 N–H and O–H groups in total. The number of anilines is 1. The predicted molar refractivity (Wildman–Crippen MR) is 102 cm³/mol. The monoisotopic (exact) mass is 428 g/mol. The van der Waals surface area contributed by atoms with Crippen LogP contribution in [0.2, 0.25) is 0 Å². The Balaban J connectivity index is 1.57. The standard InChI is InChI=1S/C21H18BrFN2O2/c22-13-5-3-12(4-6-13)19-18-17(16-2-1-11-24(16)19)20(26)25(21(18)27)15-9-7-14(23)8-10-15/h3-10,16-19H,1-2,11H2/t16-,17+,18+,19-/m1/s1. The molecule has 4 nitrogen and oxygen atoms in total. The van der Waals surface area contributed by atoms with Gasteiger partial charge < -0.3 is 0 Å². The second-order valence-corrected chi connectivity index (χ2v) is 8.40. The zero-order valence-electron chi connectivity index (χ0n) is 14.5. The zero-order valence-corrected chi connectivity index (χ0v) is 16.1. The van der Waals surface area contributed by atoms with Gasteiger partial charge in [0.2, 0.25) is 11.8 Å². The summed E-state index contributed by atoms with van der Waals surface area (Å²) in [5.41, 5.74) is 1.53. The van der Waals surface area contributed by atoms with E-state index >= 15 is 0 Å². The number of halogens is 2. The van der Waals surface area contributed by atoms with Crippen LogP contribution in [0.15, 0.2) is 53.0 Å². The van der Waals surface area contributed by atoms with E-state index in [0.717, 1.165) is 29.4 Å². The molecule has 2 aromatic rings. The van der Waals surface area contributed by atoms with Crippen molar-refractivity contribution in [3.05, 3.63) is 64.4 Å². The number of fused-ring (bicyclic) bond motifs is 3. The highest BCUT2D eigenvalue weighted by Gasteiger charge is 2.63. The molecule has 0 radical (unpaired) electrons. The van der Waals surface area contributed by atoms with Gasteiger partial charge in [-0.3, -0.25) is 14.5 Å². The van der Waals surface area contributed by atoms with Gasteiger partial charge in [0.1, 0.15) is 5.82 Å². The van der Waals surface area contributed by atoms with Gasteiger partial charge in [-0.25, -0.2) is 9.29 Å². The maximum absolute atomic E-state index is 13.3. The van der Waals surface area contributed by atoms with Crippen LogP contribution in [0.25, 0.3) is 0 Å². The maximum Gasteiger partial charge on any atom is 0.239 e. The minimum absolute atomic E-state index is 0.0856. The van der Waals surface area contributed by atoms with Crippen LogP contribution in [0.5, 0.6) is 0 Å². The Kier molecular flexibility index (Phi) is 3.95. The number of carbonyl (C=O) groups excluding carboxylic acids is 2. The second kappa shape index (κ2) is 6.24. The fraction of sp³-hybridized carbons (Fsp3) is 0.333. The van der Waals surface area contributed by atoms with Crippen molar-refractivity contribution in [3.63, 3.8) is 0 Å². The topological polar surface area (TPSA) is 40.6 Å². The van der Waals surface area contributed by atoms with E-state index < -0.39 is 0 Å². The molecule has 5 rings (SSSR count). The normalized spacial score (nSPS) is 30.1. The molecule has 0 aliphatic carbocycles. The molecular weight excluding hydrogens is 411 g/mol. The molecule has 3 aliphatic rings. The summed E-state index contributed by atoms with van der Waals surface area (Å²) in [5.74, 6) is -1.40. The maximum atomic E-state index is 13.3. The van der Waals surface area contributed by atoms with E-state index in [9.17, 15) is 14.0 Å². The predicted octanol–water partition coefficient (Wildman–Crippen LogP) is 3.91. The minimum Gasteiger partial charge on any atom is -0.292 e. The van der Waals surface area contributed by atoms with Crippen LogP contribution in [0, 0.1) is 17.7 Å². The van der Waals surface area contributed by atoms with Gasteiger partial charge in [-0.15, -0.1) is 0 Å². The quantitative estimate of drug-likeness (QED) is 0.680. The zero-order chi connectivity index (χ0) is 18.7. The Hall–Kier alpha value is -2.05. The third-order valence-corrected chi connectivity index (χ3v) is 6.68. The molecule has 6 heteroatoms. The van der Waals surface area contributed by atoms with Gasteiger partial charge in [0, 0.05) is 16.6 Å². The van der Waals surface area contributed by atoms with Crippen LogP contribution >= 0.6 is 15.9 Å². The summed E-state index contributed by atoms with van der Waals surface area (Å²) < 4.78 is 14.3. The van der Waals surface area contributed by atoms with Crippen LogP contribution in [0.1, 0.15) is 24.4 Å². The summed E-state index contributed by atoms with van der Waals surface area (Å²) in [6.45, 7) is 0.912. The largest absolute Gasteiger partial charge is 0.292 e. The summed E-state index contributed by atoms with van der Waals surface area (Å²) >= 11 is 3.46. The van der Waals surface area contributed by atoms with Crippen molar-refractivity contribution in [2.45, 2.75) is 24.9 Å². The van der Waals surface area contributed by atoms with E-state index in [0.29, 0.717) is 5.69 Å². The molecular formula is C21H18BrFN2O2. The Morgan fingerprint density at radius 1 is 0.926 bits per heavy atom. The molecule has 2 amide bonds. The number of nitrogens with zero attached hydrogens (tertiary/aromatic N) is 2. The average Bonchev–Trinajstić information content (AvgIpc) is 3.30. The lowest BCUT2D eigenvalue weighted by Crippen LogP contribution is -2.39. The van der Waals surface area contributed by atoms with Crippen molar-refractivity contribution in [2.75, 3.05) is 11.4 Å². The van der Waals surface area contributed by atoms with Crippen molar-refractivity contribution in [1.29, 1.82) is 0 Å². The highest BCUT2D eigenvalue weighted by molar-refractivity contribution is 9.10. The minimum atomic E-state index is -0.382. The Morgan fingerprint density at radius 3 is 2.30 bits per heavy atom. The smallest absolute Gasteiger partial charge is 0.239 e. The summed E-state index contributed by atoms with van der Waals surface area (Å²) in [6.07, 6.45) is 1.98. The van der Waals surface area contributed by atoms with E-state index in [1.165, 1.54) is 29.2 Å². The Labute approximate surface area is 165 Å². The van der Waals surface area contributed by atoms with Crippen LogP contribution in [-0.4, -0.2) is 29.3 Å². The number of amides is 2. The van der Waals surface area contributed by atoms with E-state index in [1.807, 2.05) is 24.3 Å². The van der Waals surface area contributed by atoms with Crippen LogP contribution < -0.4 is 4.90 Å². The second-order valence-electron chi connectivity index (χ2n) is 7.48. The molecule has 138 valence electrons. The van der Waals surface area contributed by atoms with Crippen molar-refractivity contribution in [1.82, 2.24) is 4.90 Å². The highest BCUT2D eigenvalue weighted by atomic mass is 79.9. The molecule has 0 saturated carbocycles. The number of hydrogen-bond acceptors (Lipinski definition) is 3. The fourth-order valence-electron chi connectivity index (χ4n) is 5.10. The van der Waals surface area contributed by atoms with Crippen molar-refractivity contribution in [2.24, 2.45) is 11.8 Å². The van der Waals surface area contributed by atoms with Gasteiger partial charge in [0.25, 0.3) is 0 Å². The molecule has 3 fully saturated rings. The first-order chi connectivity index (χ1) is 13.1. The molecule has 0 spiro atoms. The lowest BCUT2D eigenvalue weighted by molar-refractivity contribution is -0.123. The molecule has 3 saturated heterocycles. The average molecular weight is 429 g/mol. The number of imide groups is 1. The van der Waals surface area contributed by atoms with Crippen molar-refractivity contribution in [3.8, 4) is 0 Å². The van der Waals surface area contributed by atoms with Crippen LogP contribution in [-0.2, 0) is 9.59 Å². The first-order valence-electron chi connectivity index (χ1n) is 9.21. The van der Waals surface area contributed by atoms with Crippen LogP contribution in [0.4, 0.5) is 10.1 Å². The number of rotatable bonds is 2. The number of benzene rings is 2. The SMILES string of the molecule is O=C1[C@@H]2[C@H](C(=O)N1c1ccc(F)cc1)[C@@H](c1ccc(Br)cc1)N1CCC[C@H]21. The first kappa shape index (κ1) is 17.1. The lowest BCUT2D eigenvalue weighted by atomic mass is 9.85. The van der Waals surface area contributed by atoms with E-state index in [2.05, 4.69) is 20.8 Å². The molecule has 0 aromatic heterocycles. The van der Waals surface area contributed by atoms with E-state index in [1.54, 1.807) is 0 Å². The molecule has 2 aromatic carbocycles. The highest BCUT2D eigenvalue weighted by Crippen LogP contribution is 2.53. The Morgan fingerprint density at radius 2 is 1.59 bits per heavy atom. The first-order valence-corrected chi connectivity index (χ1v) is 10.00. The van der Waals surface area contributed by atoms with Gasteiger partial charge >= 0.3 is 0 Å². The molecule has 0 bridgehead atoms. The van der Waals surface area contributed by atoms with Gasteiger partial charge in [-0.2, -0.15) is 0 Å². The van der Waals surface area contributed by atoms with Gasteiger partial charge in [-0.05, 0) is 61.3 Å². The molecule has 3 heterocycles. The molecule has 27 heavy (non-hydrogen) atoms. The number of hydrogen-bond donors (Lipinski definition) is 0. The molecule has 0 unspecified atom stereocenters. The fourth-order valence-corrected chi connectivity index (χ4v) is 5.37. The Bertz CT molecular complexity index is 915. The third-order valence-electron chi connectivity index (χ3n) is 6.15. The van der Waals surface area contributed by atoms with Crippen molar-refractivity contribution >= 4 is 33.4 Å². The van der Waals surface area contributed by atoms with Gasteiger partial charge in [0.05, 0.1) is 17.5 Å². The van der Waals surface area contributed by atoms with Crippen LogP contribution in [0.3, 0.4) is 0 Å². The summed E-state index contributed by atoms with van der Waals surface area (Å²) in [7, 11) is 0. The molecule has 3 aliphatic heterocycles. The third kappa shape index (κ3) is 2.50. The lowest BCUT2D eigenvalue weighted by Gasteiger charge is -2.28. The van der Waals surface area contributed by atoms with Gasteiger partial charge in [-0.1, -0.05) is 28.1 Å². The number of carbonyl (C=O) groups is 2. The van der Waals surface area contributed by atoms with Crippen molar-refractivity contribution < 1.29 is 14.0 Å². The van der Waals surface area contributed by atoms with E-state index in [-0.39, 0.29) is 41.6 Å². The van der Waals surface area contributed by atoms with Gasteiger partial charge in [0.15, 0.2) is 0 Å². The summed E-state index contributed by atoms with van der Waals surface area (Å²) in [6, 6.07) is 13.6. The molecule has 4 atom stereocenters. The summed E-state index contributed by atoms with van der Waals surface area (Å²) in [4.78, 5) is 30.2.